The third kappa shape index (κ3) is 4.57. The lowest BCUT2D eigenvalue weighted by molar-refractivity contribution is -0.131. The van der Waals surface area contributed by atoms with Crippen LogP contribution in [-0.4, -0.2) is 16.1 Å². The van der Waals surface area contributed by atoms with Gasteiger partial charge in [0, 0.05) is 6.08 Å². The Balaban J connectivity index is 1.91. The summed E-state index contributed by atoms with van der Waals surface area (Å²) in [5, 5.41) is 8.87. The van der Waals surface area contributed by atoms with Crippen LogP contribution in [0.2, 0.25) is 0 Å². The number of carbonyl (C=O) groups is 1. The Morgan fingerprint density at radius 1 is 0.968 bits per heavy atom. The van der Waals surface area contributed by atoms with Crippen molar-refractivity contribution in [3.63, 3.8) is 0 Å². The maximum absolute atomic E-state index is 11.8. The van der Waals surface area contributed by atoms with E-state index in [4.69, 9.17) is 5.11 Å². The topological polar surface area (TPSA) is 70.2 Å². The molecule has 4 aromatic rings. The van der Waals surface area contributed by atoms with Crippen LogP contribution in [0.4, 0.5) is 0 Å². The third-order valence-electron chi connectivity index (χ3n) is 5.10. The predicted molar refractivity (Wildman–Crippen MR) is 128 cm³/mol. The van der Waals surface area contributed by atoms with E-state index >= 15 is 0 Å². The molecule has 0 fully saturated rings. The molecule has 0 aliphatic heterocycles. The average molecular weight is 428 g/mol. The van der Waals surface area contributed by atoms with E-state index in [9.17, 15) is 9.59 Å². The fourth-order valence-electron chi connectivity index (χ4n) is 3.71. The molecule has 0 bridgehead atoms. The van der Waals surface area contributed by atoms with Crippen molar-refractivity contribution in [1.82, 2.24) is 4.98 Å². The number of aromatic amines is 1. The molecule has 154 valence electrons. The summed E-state index contributed by atoms with van der Waals surface area (Å²) in [5.74, 6) is -0.971. The van der Waals surface area contributed by atoms with Crippen molar-refractivity contribution in [2.75, 3.05) is 0 Å². The molecule has 4 rings (SSSR count). The Labute approximate surface area is 183 Å². The van der Waals surface area contributed by atoms with Gasteiger partial charge >= 0.3 is 10.8 Å². The number of aromatic nitrogens is 1. The van der Waals surface area contributed by atoms with Crippen molar-refractivity contribution in [2.24, 2.45) is 0 Å². The lowest BCUT2D eigenvalue weighted by atomic mass is 9.88. The highest BCUT2D eigenvalue weighted by molar-refractivity contribution is 7.16. The minimum Gasteiger partial charge on any atom is -0.478 e. The summed E-state index contributed by atoms with van der Waals surface area (Å²) < 4.78 is 0.921. The quantitative estimate of drug-likeness (QED) is 0.290. The Morgan fingerprint density at radius 3 is 2.35 bits per heavy atom. The molecule has 0 radical (unpaired) electrons. The first-order valence-electron chi connectivity index (χ1n) is 9.98. The number of thiazole rings is 1. The van der Waals surface area contributed by atoms with Gasteiger partial charge in [0.05, 0.1) is 10.2 Å². The van der Waals surface area contributed by atoms with E-state index in [-0.39, 0.29) is 4.87 Å². The number of rotatable bonds is 6. The third-order valence-corrected chi connectivity index (χ3v) is 5.95. The first-order chi connectivity index (χ1) is 15.0. The second kappa shape index (κ2) is 8.98. The molecule has 3 aromatic carbocycles. The molecule has 0 spiro atoms. The van der Waals surface area contributed by atoms with E-state index in [0.29, 0.717) is 0 Å². The minimum atomic E-state index is -0.971. The number of fused-ring (bicyclic) bond motifs is 1. The minimum absolute atomic E-state index is 0.0639. The number of nitrogens with one attached hydrogen (secondary N) is 1. The number of hydrogen-bond acceptors (Lipinski definition) is 3. The van der Waals surface area contributed by atoms with Crippen molar-refractivity contribution in [3.05, 3.63) is 111 Å². The van der Waals surface area contributed by atoms with E-state index in [0.717, 1.165) is 50.5 Å². The summed E-state index contributed by atoms with van der Waals surface area (Å²) >= 11 is 1.21. The van der Waals surface area contributed by atoms with Gasteiger partial charge in [-0.3, -0.25) is 4.79 Å². The summed E-state index contributed by atoms with van der Waals surface area (Å²) in [6.07, 6.45) is 3.55. The van der Waals surface area contributed by atoms with Crippen molar-refractivity contribution in [2.45, 2.75) is 13.3 Å². The molecule has 0 saturated heterocycles. The standard InChI is InChI=1S/C26H21NO3S/c1-2-21(18-6-4-3-5-7-18)25(19-11-8-17(9-12-19)10-15-24(28)29)20-13-14-22-23(16-20)31-26(30)27-22/h3-16H,2H2,1H3,(H,27,30)(H,28,29). The zero-order valence-corrected chi connectivity index (χ0v) is 17.8. The number of carboxylic acid groups (broad SMARTS) is 1. The normalized spacial score (nSPS) is 12.3. The second-order valence-corrected chi connectivity index (χ2v) is 8.11. The summed E-state index contributed by atoms with van der Waals surface area (Å²) in [4.78, 5) is 25.4. The maximum Gasteiger partial charge on any atom is 0.328 e. The van der Waals surface area contributed by atoms with Gasteiger partial charge in [-0.2, -0.15) is 0 Å². The van der Waals surface area contributed by atoms with Crippen molar-refractivity contribution in [3.8, 4) is 0 Å². The van der Waals surface area contributed by atoms with Gasteiger partial charge in [-0.1, -0.05) is 78.9 Å². The lowest BCUT2D eigenvalue weighted by Crippen LogP contribution is -1.95. The molecule has 1 aromatic heterocycles. The van der Waals surface area contributed by atoms with Gasteiger partial charge < -0.3 is 10.1 Å². The monoisotopic (exact) mass is 427 g/mol. The van der Waals surface area contributed by atoms with Gasteiger partial charge in [0.25, 0.3) is 0 Å². The van der Waals surface area contributed by atoms with E-state index in [1.807, 2.05) is 54.6 Å². The van der Waals surface area contributed by atoms with Gasteiger partial charge in [-0.05, 0) is 58.0 Å². The predicted octanol–water partition coefficient (Wildman–Crippen LogP) is 6.06. The maximum atomic E-state index is 11.8. The number of hydrogen-bond donors (Lipinski definition) is 2. The average Bonchev–Trinajstić information content (AvgIpc) is 3.16. The molecule has 0 atom stereocenters. The van der Waals surface area contributed by atoms with Gasteiger partial charge in [0.2, 0.25) is 0 Å². The van der Waals surface area contributed by atoms with Gasteiger partial charge in [0.15, 0.2) is 0 Å². The fraction of sp³-hybridized carbons (Fsp3) is 0.0769. The van der Waals surface area contributed by atoms with Crippen LogP contribution in [0, 0.1) is 0 Å². The number of carboxylic acids is 1. The van der Waals surface area contributed by atoms with Gasteiger partial charge in [-0.15, -0.1) is 0 Å². The molecular weight excluding hydrogens is 406 g/mol. The van der Waals surface area contributed by atoms with Crippen LogP contribution < -0.4 is 4.87 Å². The molecule has 4 nitrogen and oxygen atoms in total. The molecule has 31 heavy (non-hydrogen) atoms. The summed E-state index contributed by atoms with van der Waals surface area (Å²) in [7, 11) is 0. The van der Waals surface area contributed by atoms with Crippen molar-refractivity contribution < 1.29 is 9.90 Å². The highest BCUT2D eigenvalue weighted by atomic mass is 32.1. The van der Waals surface area contributed by atoms with E-state index < -0.39 is 5.97 Å². The molecule has 5 heteroatoms. The molecule has 2 N–H and O–H groups in total. The zero-order chi connectivity index (χ0) is 21.8. The molecular formula is C26H21NO3S. The highest BCUT2D eigenvalue weighted by Crippen LogP contribution is 2.35. The zero-order valence-electron chi connectivity index (χ0n) is 17.0. The Hall–Kier alpha value is -3.70. The number of allylic oxidation sites excluding steroid dienone is 1. The Morgan fingerprint density at radius 2 is 1.68 bits per heavy atom. The Bertz CT molecular complexity index is 1340. The van der Waals surface area contributed by atoms with Crippen LogP contribution in [-0.2, 0) is 4.79 Å². The fourth-order valence-corrected chi connectivity index (χ4v) is 4.48. The van der Waals surface area contributed by atoms with Crippen molar-refractivity contribution >= 4 is 44.7 Å². The first kappa shape index (κ1) is 20.6. The van der Waals surface area contributed by atoms with Gasteiger partial charge in [-0.25, -0.2) is 4.79 Å². The van der Waals surface area contributed by atoms with Crippen LogP contribution >= 0.6 is 11.3 Å². The Kier molecular flexibility index (Phi) is 5.96. The van der Waals surface area contributed by atoms with Crippen LogP contribution in [0.5, 0.6) is 0 Å². The number of H-pyrrole nitrogens is 1. The van der Waals surface area contributed by atoms with Crippen LogP contribution in [0.1, 0.15) is 35.6 Å². The van der Waals surface area contributed by atoms with E-state index in [2.05, 4.69) is 30.1 Å². The first-order valence-corrected chi connectivity index (χ1v) is 10.8. The SMILES string of the molecule is CCC(=C(c1ccc(C=CC(=O)O)cc1)c1ccc2[nH]c(=O)sc2c1)c1ccccc1. The van der Waals surface area contributed by atoms with Gasteiger partial charge in [0.1, 0.15) is 0 Å². The second-order valence-electron chi connectivity index (χ2n) is 7.09. The van der Waals surface area contributed by atoms with Crippen LogP contribution in [0.15, 0.2) is 83.7 Å². The summed E-state index contributed by atoms with van der Waals surface area (Å²) in [6.45, 7) is 2.14. The van der Waals surface area contributed by atoms with Crippen LogP contribution in [0.25, 0.3) is 27.4 Å². The smallest absolute Gasteiger partial charge is 0.328 e. The largest absolute Gasteiger partial charge is 0.478 e. The molecule has 1 heterocycles. The highest BCUT2D eigenvalue weighted by Gasteiger charge is 2.14. The summed E-state index contributed by atoms with van der Waals surface area (Å²) in [6, 6.07) is 24.2. The number of aliphatic carboxylic acids is 1. The molecule has 0 amide bonds. The van der Waals surface area contributed by atoms with Crippen molar-refractivity contribution in [1.29, 1.82) is 0 Å². The molecule has 0 aliphatic carbocycles. The van der Waals surface area contributed by atoms with Crippen LogP contribution in [0.3, 0.4) is 0 Å². The van der Waals surface area contributed by atoms with E-state index in [1.54, 1.807) is 6.08 Å². The lowest BCUT2D eigenvalue weighted by Gasteiger charge is -2.16. The summed E-state index contributed by atoms with van der Waals surface area (Å²) in [5.41, 5.74) is 7.19. The number of benzene rings is 3. The van der Waals surface area contributed by atoms with E-state index in [1.165, 1.54) is 16.9 Å². The molecule has 0 saturated carbocycles. The molecule has 0 aliphatic rings. The molecule has 0 unspecified atom stereocenters.